The second-order valence-electron chi connectivity index (χ2n) is 5.72. The number of benzene rings is 1. The van der Waals surface area contributed by atoms with Crippen molar-refractivity contribution in [1.82, 2.24) is 0 Å². The molecule has 0 bridgehead atoms. The molecule has 2 unspecified atom stereocenters. The van der Waals surface area contributed by atoms with E-state index in [4.69, 9.17) is 10.5 Å². The van der Waals surface area contributed by atoms with Gasteiger partial charge in [-0.1, -0.05) is 56.5 Å². The predicted molar refractivity (Wildman–Crippen MR) is 80.0 cm³/mol. The SMILES string of the molecule is CCC(OCC1CCCCC1)C(N)c1ccccc1. The van der Waals surface area contributed by atoms with Crippen LogP contribution in [0.4, 0.5) is 0 Å². The first-order valence-corrected chi connectivity index (χ1v) is 7.73. The molecule has 0 aromatic heterocycles. The van der Waals surface area contributed by atoms with Crippen LogP contribution in [0, 0.1) is 5.92 Å². The van der Waals surface area contributed by atoms with Crippen LogP contribution in [-0.4, -0.2) is 12.7 Å². The van der Waals surface area contributed by atoms with Crippen LogP contribution in [0.2, 0.25) is 0 Å². The molecule has 1 aliphatic carbocycles. The van der Waals surface area contributed by atoms with Crippen molar-refractivity contribution in [3.05, 3.63) is 35.9 Å². The van der Waals surface area contributed by atoms with Gasteiger partial charge in [0.25, 0.3) is 0 Å². The number of nitrogens with two attached hydrogens (primary N) is 1. The zero-order valence-electron chi connectivity index (χ0n) is 12.1. The van der Waals surface area contributed by atoms with E-state index in [9.17, 15) is 0 Å². The van der Waals surface area contributed by atoms with Gasteiger partial charge in [0, 0.05) is 6.61 Å². The van der Waals surface area contributed by atoms with Gasteiger partial charge < -0.3 is 10.5 Å². The highest BCUT2D eigenvalue weighted by molar-refractivity contribution is 5.19. The number of hydrogen-bond donors (Lipinski definition) is 1. The van der Waals surface area contributed by atoms with Crippen LogP contribution in [0.25, 0.3) is 0 Å². The molecule has 1 aromatic rings. The van der Waals surface area contributed by atoms with Gasteiger partial charge in [-0.3, -0.25) is 0 Å². The van der Waals surface area contributed by atoms with Crippen LogP contribution in [0.5, 0.6) is 0 Å². The van der Waals surface area contributed by atoms with E-state index < -0.39 is 0 Å². The molecule has 2 rings (SSSR count). The first-order chi connectivity index (χ1) is 9.31. The van der Waals surface area contributed by atoms with Gasteiger partial charge in [0.15, 0.2) is 0 Å². The average Bonchev–Trinajstić information content (AvgIpc) is 2.49. The fourth-order valence-corrected chi connectivity index (χ4v) is 2.98. The lowest BCUT2D eigenvalue weighted by atomic mass is 9.90. The van der Waals surface area contributed by atoms with Crippen molar-refractivity contribution in [3.63, 3.8) is 0 Å². The molecule has 1 aliphatic rings. The zero-order valence-corrected chi connectivity index (χ0v) is 12.1. The maximum atomic E-state index is 6.34. The maximum absolute atomic E-state index is 6.34. The highest BCUT2D eigenvalue weighted by atomic mass is 16.5. The summed E-state index contributed by atoms with van der Waals surface area (Å²) in [6.45, 7) is 3.05. The lowest BCUT2D eigenvalue weighted by molar-refractivity contribution is 0.00415. The Kier molecular flexibility index (Phi) is 5.87. The van der Waals surface area contributed by atoms with Crippen molar-refractivity contribution in [3.8, 4) is 0 Å². The molecule has 1 aromatic carbocycles. The molecule has 2 N–H and O–H groups in total. The second kappa shape index (κ2) is 7.66. The Balaban J connectivity index is 1.85. The number of rotatable bonds is 6. The van der Waals surface area contributed by atoms with Crippen LogP contribution in [0.3, 0.4) is 0 Å². The highest BCUT2D eigenvalue weighted by Crippen LogP contribution is 2.26. The van der Waals surface area contributed by atoms with Crippen LogP contribution in [0.1, 0.15) is 57.1 Å². The summed E-state index contributed by atoms with van der Waals surface area (Å²) in [6.07, 6.45) is 7.92. The monoisotopic (exact) mass is 261 g/mol. The average molecular weight is 261 g/mol. The van der Waals surface area contributed by atoms with Crippen molar-refractivity contribution in [2.45, 2.75) is 57.6 Å². The van der Waals surface area contributed by atoms with E-state index >= 15 is 0 Å². The van der Waals surface area contributed by atoms with E-state index in [0.717, 1.165) is 18.9 Å². The Morgan fingerprint density at radius 1 is 1.16 bits per heavy atom. The standard InChI is InChI=1S/C17H27NO/c1-2-16(17(18)15-11-7-4-8-12-15)19-13-14-9-5-3-6-10-14/h4,7-8,11-12,14,16-17H,2-3,5-6,9-10,13,18H2,1H3. The third kappa shape index (κ3) is 4.32. The van der Waals surface area contributed by atoms with Gasteiger partial charge in [0.1, 0.15) is 0 Å². The summed E-state index contributed by atoms with van der Waals surface area (Å²) in [5, 5.41) is 0. The Labute approximate surface area is 117 Å². The first kappa shape index (κ1) is 14.5. The van der Waals surface area contributed by atoms with E-state index in [-0.39, 0.29) is 12.1 Å². The van der Waals surface area contributed by atoms with Gasteiger partial charge in [-0.15, -0.1) is 0 Å². The second-order valence-corrected chi connectivity index (χ2v) is 5.72. The molecule has 0 amide bonds. The van der Waals surface area contributed by atoms with Gasteiger partial charge in [0.2, 0.25) is 0 Å². The summed E-state index contributed by atoms with van der Waals surface area (Å²) in [6, 6.07) is 10.3. The number of ether oxygens (including phenoxy) is 1. The summed E-state index contributed by atoms with van der Waals surface area (Å²) >= 11 is 0. The van der Waals surface area contributed by atoms with Gasteiger partial charge >= 0.3 is 0 Å². The van der Waals surface area contributed by atoms with Crippen molar-refractivity contribution in [2.75, 3.05) is 6.61 Å². The van der Waals surface area contributed by atoms with Gasteiger partial charge in [-0.25, -0.2) is 0 Å². The lowest BCUT2D eigenvalue weighted by Crippen LogP contribution is -2.30. The Bertz CT molecular complexity index is 346. The molecule has 0 spiro atoms. The molecule has 0 saturated heterocycles. The van der Waals surface area contributed by atoms with Crippen LogP contribution in [-0.2, 0) is 4.74 Å². The molecular weight excluding hydrogens is 234 g/mol. The minimum Gasteiger partial charge on any atom is -0.376 e. The zero-order chi connectivity index (χ0) is 13.5. The van der Waals surface area contributed by atoms with Crippen LogP contribution >= 0.6 is 0 Å². The van der Waals surface area contributed by atoms with Crippen LogP contribution in [0.15, 0.2) is 30.3 Å². The third-order valence-electron chi connectivity index (χ3n) is 4.26. The molecule has 1 saturated carbocycles. The van der Waals surface area contributed by atoms with E-state index in [2.05, 4.69) is 19.1 Å². The molecule has 0 radical (unpaired) electrons. The molecule has 19 heavy (non-hydrogen) atoms. The van der Waals surface area contributed by atoms with Crippen molar-refractivity contribution < 1.29 is 4.74 Å². The van der Waals surface area contributed by atoms with Crippen molar-refractivity contribution in [1.29, 1.82) is 0 Å². The largest absolute Gasteiger partial charge is 0.376 e. The Hall–Kier alpha value is -0.860. The molecule has 2 atom stereocenters. The molecule has 1 fully saturated rings. The minimum absolute atomic E-state index is 0.00482. The molecule has 0 aliphatic heterocycles. The summed E-state index contributed by atoms with van der Waals surface area (Å²) in [4.78, 5) is 0. The normalized spacial score (nSPS) is 20.1. The van der Waals surface area contributed by atoms with Crippen molar-refractivity contribution >= 4 is 0 Å². The van der Waals surface area contributed by atoms with Gasteiger partial charge in [-0.05, 0) is 30.7 Å². The van der Waals surface area contributed by atoms with E-state index in [0.29, 0.717) is 0 Å². The molecule has 106 valence electrons. The van der Waals surface area contributed by atoms with E-state index in [1.165, 1.54) is 37.7 Å². The molecule has 2 heteroatoms. The lowest BCUT2D eigenvalue weighted by Gasteiger charge is -2.27. The fraction of sp³-hybridized carbons (Fsp3) is 0.647. The van der Waals surface area contributed by atoms with Crippen LogP contribution < -0.4 is 5.73 Å². The fourth-order valence-electron chi connectivity index (χ4n) is 2.98. The van der Waals surface area contributed by atoms with Gasteiger partial charge in [-0.2, -0.15) is 0 Å². The Morgan fingerprint density at radius 3 is 2.47 bits per heavy atom. The quantitative estimate of drug-likeness (QED) is 0.838. The third-order valence-corrected chi connectivity index (χ3v) is 4.26. The number of hydrogen-bond acceptors (Lipinski definition) is 2. The molecule has 0 heterocycles. The maximum Gasteiger partial charge on any atom is 0.0765 e. The molecule has 2 nitrogen and oxygen atoms in total. The first-order valence-electron chi connectivity index (χ1n) is 7.73. The smallest absolute Gasteiger partial charge is 0.0765 e. The minimum atomic E-state index is -0.00482. The molecular formula is C17H27NO. The van der Waals surface area contributed by atoms with Gasteiger partial charge in [0.05, 0.1) is 12.1 Å². The van der Waals surface area contributed by atoms with E-state index in [1.54, 1.807) is 0 Å². The summed E-state index contributed by atoms with van der Waals surface area (Å²) in [5.41, 5.74) is 7.52. The van der Waals surface area contributed by atoms with E-state index in [1.807, 2.05) is 18.2 Å². The highest BCUT2D eigenvalue weighted by Gasteiger charge is 2.21. The summed E-state index contributed by atoms with van der Waals surface area (Å²) in [7, 11) is 0. The Morgan fingerprint density at radius 2 is 1.84 bits per heavy atom. The predicted octanol–water partition coefficient (Wildman–Crippen LogP) is 4.06. The summed E-state index contributed by atoms with van der Waals surface area (Å²) < 4.78 is 6.12. The summed E-state index contributed by atoms with van der Waals surface area (Å²) in [5.74, 6) is 0.755. The van der Waals surface area contributed by atoms with Crippen molar-refractivity contribution in [2.24, 2.45) is 11.7 Å². The topological polar surface area (TPSA) is 35.2 Å².